The molecule has 7 nitrogen and oxygen atoms in total. The van der Waals surface area contributed by atoms with Gasteiger partial charge in [-0.05, 0) is 52.0 Å². The van der Waals surface area contributed by atoms with E-state index >= 15 is 0 Å². The van der Waals surface area contributed by atoms with Crippen molar-refractivity contribution in [1.82, 2.24) is 14.7 Å². The van der Waals surface area contributed by atoms with Gasteiger partial charge in [-0.3, -0.25) is 4.90 Å². The molecule has 1 atom stereocenters. The van der Waals surface area contributed by atoms with Crippen LogP contribution in [0.5, 0.6) is 11.6 Å². The molecule has 1 N–H and O–H groups in total. The fourth-order valence-electron chi connectivity index (χ4n) is 3.58. The Morgan fingerprint density at radius 3 is 2.43 bits per heavy atom. The van der Waals surface area contributed by atoms with Crippen LogP contribution in [0.15, 0.2) is 54.6 Å². The van der Waals surface area contributed by atoms with Crippen molar-refractivity contribution in [2.24, 2.45) is 0 Å². The Bertz CT molecular complexity index is 1070. The molecular weight excluding hydrogens is 466 g/mol. The molecule has 0 radical (unpaired) electrons. The summed E-state index contributed by atoms with van der Waals surface area (Å²) in [4.78, 5) is 2.12. The van der Waals surface area contributed by atoms with Gasteiger partial charge in [0.15, 0.2) is 0 Å². The molecule has 1 heterocycles. The van der Waals surface area contributed by atoms with Crippen LogP contribution in [-0.4, -0.2) is 64.9 Å². The number of halogens is 1. The second-order valence-corrected chi connectivity index (χ2v) is 9.86. The number of aliphatic hydroxyl groups is 1. The second-order valence-electron chi connectivity index (χ2n) is 9.45. The standard InChI is InChI=1S/C27H36ClN3O4/c1-20-23(18-30(15-16-33-5)17-22(32)19-34-27(2,3)4)26(35-25-14-10-9-13-24(25)28)31(29-20)21-11-7-6-8-12-21/h6-14,22,32H,15-19H2,1-5H3. The molecule has 0 aliphatic heterocycles. The lowest BCUT2D eigenvalue weighted by molar-refractivity contribution is -0.0577. The SMILES string of the molecule is COCCN(Cc1c(C)nn(-c2ccccc2)c1Oc1ccccc1Cl)CC(O)COC(C)(C)C. The van der Waals surface area contributed by atoms with E-state index in [-0.39, 0.29) is 12.2 Å². The molecule has 1 unspecified atom stereocenters. The van der Waals surface area contributed by atoms with E-state index in [1.165, 1.54) is 0 Å². The van der Waals surface area contributed by atoms with Gasteiger partial charge in [0.25, 0.3) is 0 Å². The van der Waals surface area contributed by atoms with Crippen LogP contribution >= 0.6 is 11.6 Å². The largest absolute Gasteiger partial charge is 0.437 e. The van der Waals surface area contributed by atoms with E-state index in [1.54, 1.807) is 17.9 Å². The fraction of sp³-hybridized carbons (Fsp3) is 0.444. The predicted molar refractivity (Wildman–Crippen MR) is 139 cm³/mol. The minimum atomic E-state index is -0.650. The molecule has 1 aromatic heterocycles. The Hall–Kier alpha value is -2.42. The summed E-state index contributed by atoms with van der Waals surface area (Å²) in [5, 5.41) is 16.0. The van der Waals surface area contributed by atoms with Crippen molar-refractivity contribution >= 4 is 11.6 Å². The van der Waals surface area contributed by atoms with Crippen LogP contribution in [-0.2, 0) is 16.0 Å². The summed E-state index contributed by atoms with van der Waals surface area (Å²) in [7, 11) is 1.67. The van der Waals surface area contributed by atoms with Crippen LogP contribution in [0.25, 0.3) is 5.69 Å². The second kappa shape index (κ2) is 12.5. The first-order chi connectivity index (χ1) is 16.7. The van der Waals surface area contributed by atoms with Crippen LogP contribution in [0.3, 0.4) is 0 Å². The number of ether oxygens (including phenoxy) is 3. The van der Waals surface area contributed by atoms with Gasteiger partial charge >= 0.3 is 0 Å². The van der Waals surface area contributed by atoms with Gasteiger partial charge < -0.3 is 19.3 Å². The normalized spacial score (nSPS) is 12.8. The first kappa shape index (κ1) is 27.2. The van der Waals surface area contributed by atoms with Gasteiger partial charge in [0, 0.05) is 26.7 Å². The molecule has 0 amide bonds. The van der Waals surface area contributed by atoms with Crippen LogP contribution in [0.2, 0.25) is 5.02 Å². The van der Waals surface area contributed by atoms with Crippen molar-refractivity contribution in [3.8, 4) is 17.3 Å². The van der Waals surface area contributed by atoms with E-state index in [2.05, 4.69) is 4.90 Å². The lowest BCUT2D eigenvalue weighted by Crippen LogP contribution is -2.38. The fourth-order valence-corrected chi connectivity index (χ4v) is 3.75. The number of methoxy groups -OCH3 is 1. The Labute approximate surface area is 213 Å². The third-order valence-corrected chi connectivity index (χ3v) is 5.66. The molecular formula is C27H36ClN3O4. The van der Waals surface area contributed by atoms with Gasteiger partial charge in [-0.1, -0.05) is 41.9 Å². The third kappa shape index (κ3) is 8.05. The lowest BCUT2D eigenvalue weighted by Gasteiger charge is -2.27. The van der Waals surface area contributed by atoms with E-state index in [1.807, 2.05) is 76.2 Å². The topological polar surface area (TPSA) is 69.0 Å². The van der Waals surface area contributed by atoms with Crippen molar-refractivity contribution in [3.05, 3.63) is 70.9 Å². The molecule has 35 heavy (non-hydrogen) atoms. The lowest BCUT2D eigenvalue weighted by atomic mass is 10.2. The minimum absolute atomic E-state index is 0.248. The van der Waals surface area contributed by atoms with E-state index < -0.39 is 6.10 Å². The zero-order chi connectivity index (χ0) is 25.4. The third-order valence-electron chi connectivity index (χ3n) is 5.35. The van der Waals surface area contributed by atoms with Crippen LogP contribution in [0, 0.1) is 6.92 Å². The zero-order valence-electron chi connectivity index (χ0n) is 21.2. The number of nitrogens with zero attached hydrogens (tertiary/aromatic N) is 3. The molecule has 0 fully saturated rings. The number of hydrogen-bond acceptors (Lipinski definition) is 6. The molecule has 0 spiro atoms. The first-order valence-corrected chi connectivity index (χ1v) is 12.2. The quantitative estimate of drug-likeness (QED) is 0.365. The van der Waals surface area contributed by atoms with Crippen LogP contribution in [0.1, 0.15) is 32.0 Å². The molecule has 0 bridgehead atoms. The van der Waals surface area contributed by atoms with Crippen molar-refractivity contribution in [2.45, 2.75) is 45.9 Å². The number of benzene rings is 2. The van der Waals surface area contributed by atoms with Crippen molar-refractivity contribution in [1.29, 1.82) is 0 Å². The average molecular weight is 502 g/mol. The molecule has 8 heteroatoms. The monoisotopic (exact) mass is 501 g/mol. The number of aromatic nitrogens is 2. The molecule has 0 aliphatic rings. The van der Waals surface area contributed by atoms with Gasteiger partial charge in [0.05, 0.1) is 46.9 Å². The van der Waals surface area contributed by atoms with Crippen molar-refractivity contribution < 1.29 is 19.3 Å². The van der Waals surface area contributed by atoms with Crippen LogP contribution in [0.4, 0.5) is 0 Å². The maximum absolute atomic E-state index is 10.7. The Balaban J connectivity index is 1.93. The van der Waals surface area contributed by atoms with E-state index in [9.17, 15) is 5.11 Å². The van der Waals surface area contributed by atoms with Gasteiger partial charge in [-0.15, -0.1) is 0 Å². The maximum Gasteiger partial charge on any atom is 0.227 e. The maximum atomic E-state index is 10.7. The zero-order valence-corrected chi connectivity index (χ0v) is 22.0. The first-order valence-electron chi connectivity index (χ1n) is 11.8. The van der Waals surface area contributed by atoms with Crippen LogP contribution < -0.4 is 4.74 Å². The number of hydrogen-bond donors (Lipinski definition) is 1. The molecule has 0 aliphatic carbocycles. The van der Waals surface area contributed by atoms with Gasteiger partial charge in [0.2, 0.25) is 5.88 Å². The number of aliphatic hydroxyl groups excluding tert-OH is 1. The summed E-state index contributed by atoms with van der Waals surface area (Å²) in [5.74, 6) is 1.14. The minimum Gasteiger partial charge on any atom is -0.437 e. The number of rotatable bonds is 12. The average Bonchev–Trinajstić information content (AvgIpc) is 3.12. The van der Waals surface area contributed by atoms with Crippen molar-refractivity contribution in [2.75, 3.05) is 33.4 Å². The highest BCUT2D eigenvalue weighted by molar-refractivity contribution is 6.32. The van der Waals surface area contributed by atoms with Crippen molar-refractivity contribution in [3.63, 3.8) is 0 Å². The summed E-state index contributed by atoms with van der Waals surface area (Å²) in [6.07, 6.45) is -0.650. The Morgan fingerprint density at radius 1 is 1.09 bits per heavy atom. The molecule has 3 rings (SSSR count). The summed E-state index contributed by atoms with van der Waals surface area (Å²) in [5.41, 5.74) is 2.31. The smallest absolute Gasteiger partial charge is 0.227 e. The highest BCUT2D eigenvalue weighted by Crippen LogP contribution is 2.34. The number of aryl methyl sites for hydroxylation is 1. The Kier molecular flexibility index (Phi) is 9.71. The highest BCUT2D eigenvalue weighted by Gasteiger charge is 2.24. The molecule has 3 aromatic rings. The van der Waals surface area contributed by atoms with Gasteiger partial charge in [-0.25, -0.2) is 4.68 Å². The van der Waals surface area contributed by atoms with E-state index in [4.69, 9.17) is 30.9 Å². The predicted octanol–water partition coefficient (Wildman–Crippen LogP) is 5.25. The summed E-state index contributed by atoms with van der Waals surface area (Å²) in [6, 6.07) is 17.2. The highest BCUT2D eigenvalue weighted by atomic mass is 35.5. The molecule has 0 saturated heterocycles. The molecule has 190 valence electrons. The molecule has 0 saturated carbocycles. The Morgan fingerprint density at radius 2 is 1.77 bits per heavy atom. The van der Waals surface area contributed by atoms with E-state index in [0.717, 1.165) is 16.9 Å². The van der Waals surface area contributed by atoms with Gasteiger partial charge in [0.1, 0.15) is 5.75 Å². The molecule has 2 aromatic carbocycles. The summed E-state index contributed by atoms with van der Waals surface area (Å²) < 4.78 is 19.3. The van der Waals surface area contributed by atoms with Gasteiger partial charge in [-0.2, -0.15) is 5.10 Å². The van der Waals surface area contributed by atoms with E-state index in [0.29, 0.717) is 42.9 Å². The summed E-state index contributed by atoms with van der Waals surface area (Å²) in [6.45, 7) is 10.2. The number of para-hydroxylation sites is 2. The summed E-state index contributed by atoms with van der Waals surface area (Å²) >= 11 is 6.42.